The van der Waals surface area contributed by atoms with Crippen molar-refractivity contribution in [1.82, 2.24) is 19.9 Å². The van der Waals surface area contributed by atoms with E-state index in [4.69, 9.17) is 9.15 Å². The number of benzene rings is 2. The van der Waals surface area contributed by atoms with Gasteiger partial charge in [0, 0.05) is 17.3 Å². The van der Waals surface area contributed by atoms with Crippen molar-refractivity contribution in [3.63, 3.8) is 0 Å². The molecule has 3 aromatic heterocycles. The van der Waals surface area contributed by atoms with Gasteiger partial charge in [-0.25, -0.2) is 9.97 Å². The largest absolute Gasteiger partial charge is 0.495 e. The Kier molecular flexibility index (Phi) is 3.87. The molecule has 0 saturated heterocycles. The first-order chi connectivity index (χ1) is 13.8. The summed E-state index contributed by atoms with van der Waals surface area (Å²) in [5, 5.41) is 0. The van der Waals surface area contributed by atoms with Gasteiger partial charge in [0.05, 0.1) is 19.5 Å². The summed E-state index contributed by atoms with van der Waals surface area (Å²) in [6, 6.07) is 17.8. The number of oxazole rings is 1. The normalized spacial score (nSPS) is 11.0. The van der Waals surface area contributed by atoms with E-state index in [0.29, 0.717) is 17.2 Å². The van der Waals surface area contributed by atoms with E-state index in [1.807, 2.05) is 54.6 Å². The molecule has 0 atom stereocenters. The standard InChI is InChI=1S/C22H16N4O2/c1-27-17-9-16(11-23-12-17)15-7-8-18-20(10-15)28-22(26-18)19-13-24-21(25-19)14-5-3-2-4-6-14/h2-13H,1H3,(H,24,25). The van der Waals surface area contributed by atoms with E-state index in [1.165, 1.54) is 0 Å². The minimum absolute atomic E-state index is 0.505. The third-order valence-corrected chi connectivity index (χ3v) is 4.52. The quantitative estimate of drug-likeness (QED) is 0.485. The van der Waals surface area contributed by atoms with Crippen LogP contribution in [0.5, 0.6) is 5.75 Å². The smallest absolute Gasteiger partial charge is 0.245 e. The lowest BCUT2D eigenvalue weighted by atomic mass is 10.1. The maximum absolute atomic E-state index is 5.99. The van der Waals surface area contributed by atoms with Crippen LogP contribution in [0.2, 0.25) is 0 Å². The van der Waals surface area contributed by atoms with Gasteiger partial charge in [-0.15, -0.1) is 0 Å². The van der Waals surface area contributed by atoms with Gasteiger partial charge in [0.1, 0.15) is 22.8 Å². The number of hydrogen-bond acceptors (Lipinski definition) is 5. The van der Waals surface area contributed by atoms with E-state index < -0.39 is 0 Å². The van der Waals surface area contributed by atoms with Crippen molar-refractivity contribution < 1.29 is 9.15 Å². The fraction of sp³-hybridized carbons (Fsp3) is 0.0455. The molecule has 0 amide bonds. The topological polar surface area (TPSA) is 76.8 Å². The monoisotopic (exact) mass is 368 g/mol. The number of hydrogen-bond donors (Lipinski definition) is 1. The minimum Gasteiger partial charge on any atom is -0.495 e. The number of nitrogens with zero attached hydrogens (tertiary/aromatic N) is 3. The summed E-state index contributed by atoms with van der Waals surface area (Å²) < 4.78 is 11.2. The van der Waals surface area contributed by atoms with E-state index >= 15 is 0 Å². The zero-order valence-electron chi connectivity index (χ0n) is 15.1. The molecule has 2 aromatic carbocycles. The summed E-state index contributed by atoms with van der Waals surface area (Å²) in [7, 11) is 1.63. The molecule has 0 aliphatic carbocycles. The fourth-order valence-corrected chi connectivity index (χ4v) is 3.08. The van der Waals surface area contributed by atoms with Gasteiger partial charge >= 0.3 is 0 Å². The highest BCUT2D eigenvalue weighted by Gasteiger charge is 2.13. The Bertz CT molecular complexity index is 1260. The van der Waals surface area contributed by atoms with Crippen molar-refractivity contribution in [1.29, 1.82) is 0 Å². The van der Waals surface area contributed by atoms with E-state index in [9.17, 15) is 0 Å². The number of nitrogens with one attached hydrogen (secondary N) is 1. The van der Waals surface area contributed by atoms with Gasteiger partial charge in [0.2, 0.25) is 5.89 Å². The zero-order valence-corrected chi connectivity index (χ0v) is 15.1. The van der Waals surface area contributed by atoms with Gasteiger partial charge in [0.15, 0.2) is 5.58 Å². The molecule has 5 aromatic rings. The van der Waals surface area contributed by atoms with Crippen LogP contribution in [0.4, 0.5) is 0 Å². The van der Waals surface area contributed by atoms with Crippen molar-refractivity contribution >= 4 is 11.1 Å². The first-order valence-corrected chi connectivity index (χ1v) is 8.81. The molecule has 0 radical (unpaired) electrons. The first-order valence-electron chi connectivity index (χ1n) is 8.81. The second kappa shape index (κ2) is 6.66. The molecule has 28 heavy (non-hydrogen) atoms. The molecule has 0 aliphatic heterocycles. The maximum atomic E-state index is 5.99. The Morgan fingerprint density at radius 1 is 0.893 bits per heavy atom. The Hall–Kier alpha value is -3.93. The van der Waals surface area contributed by atoms with Crippen LogP contribution < -0.4 is 4.74 Å². The fourth-order valence-electron chi connectivity index (χ4n) is 3.08. The minimum atomic E-state index is 0.505. The number of aromatic nitrogens is 4. The highest BCUT2D eigenvalue weighted by Crippen LogP contribution is 2.29. The molecule has 136 valence electrons. The van der Waals surface area contributed by atoms with Gasteiger partial charge in [-0.2, -0.15) is 0 Å². The molecular weight excluding hydrogens is 352 g/mol. The van der Waals surface area contributed by atoms with Crippen LogP contribution >= 0.6 is 0 Å². The molecule has 6 heteroatoms. The predicted molar refractivity (Wildman–Crippen MR) is 107 cm³/mol. The number of ether oxygens (including phenoxy) is 1. The van der Waals surface area contributed by atoms with Gasteiger partial charge in [-0.05, 0) is 23.8 Å². The summed E-state index contributed by atoms with van der Waals surface area (Å²) in [5.74, 6) is 1.99. The van der Waals surface area contributed by atoms with Gasteiger partial charge < -0.3 is 14.1 Å². The lowest BCUT2D eigenvalue weighted by molar-refractivity contribution is 0.413. The molecule has 0 fully saturated rings. The average molecular weight is 368 g/mol. The number of fused-ring (bicyclic) bond motifs is 1. The Morgan fingerprint density at radius 3 is 2.64 bits per heavy atom. The van der Waals surface area contributed by atoms with Crippen LogP contribution in [0.25, 0.3) is 45.2 Å². The van der Waals surface area contributed by atoms with Gasteiger partial charge in [-0.1, -0.05) is 36.4 Å². The Labute approximate surface area is 160 Å². The second-order valence-electron chi connectivity index (χ2n) is 6.33. The molecule has 0 bridgehead atoms. The SMILES string of the molecule is COc1cncc(-c2ccc3nc(-c4cnc(-c5ccccc5)[nH]4)oc3c2)c1. The molecule has 0 aliphatic rings. The van der Waals surface area contributed by atoms with E-state index in [0.717, 1.165) is 33.7 Å². The number of methoxy groups -OCH3 is 1. The van der Waals surface area contributed by atoms with Crippen LogP contribution in [0.1, 0.15) is 0 Å². The van der Waals surface area contributed by atoms with Crippen LogP contribution in [0, 0.1) is 0 Å². The predicted octanol–water partition coefficient (Wildman–Crippen LogP) is 4.96. The molecular formula is C22H16N4O2. The van der Waals surface area contributed by atoms with Gasteiger partial charge in [0.25, 0.3) is 0 Å². The van der Waals surface area contributed by atoms with Crippen molar-refractivity contribution in [3.05, 3.63) is 73.2 Å². The third-order valence-electron chi connectivity index (χ3n) is 4.52. The van der Waals surface area contributed by atoms with Crippen molar-refractivity contribution in [2.75, 3.05) is 7.11 Å². The lowest BCUT2D eigenvalue weighted by Crippen LogP contribution is -1.86. The van der Waals surface area contributed by atoms with E-state index in [2.05, 4.69) is 19.9 Å². The first kappa shape index (κ1) is 16.3. The van der Waals surface area contributed by atoms with E-state index in [-0.39, 0.29) is 0 Å². The summed E-state index contributed by atoms with van der Waals surface area (Å²) in [5.41, 5.74) is 5.16. The number of rotatable bonds is 4. The summed E-state index contributed by atoms with van der Waals surface area (Å²) in [4.78, 5) is 16.5. The van der Waals surface area contributed by atoms with Crippen molar-refractivity contribution in [2.45, 2.75) is 0 Å². The number of imidazole rings is 1. The highest BCUT2D eigenvalue weighted by atomic mass is 16.5. The molecule has 0 spiro atoms. The van der Waals surface area contributed by atoms with Crippen LogP contribution in [-0.4, -0.2) is 27.0 Å². The summed E-state index contributed by atoms with van der Waals surface area (Å²) >= 11 is 0. The zero-order chi connectivity index (χ0) is 18.9. The molecule has 0 unspecified atom stereocenters. The summed E-state index contributed by atoms with van der Waals surface area (Å²) in [6.07, 6.45) is 5.21. The lowest BCUT2D eigenvalue weighted by Gasteiger charge is -2.03. The highest BCUT2D eigenvalue weighted by molar-refractivity contribution is 5.82. The molecule has 1 N–H and O–H groups in total. The van der Waals surface area contributed by atoms with Crippen molar-refractivity contribution in [3.8, 4) is 39.8 Å². The molecule has 0 saturated carbocycles. The molecule has 6 nitrogen and oxygen atoms in total. The van der Waals surface area contributed by atoms with E-state index in [1.54, 1.807) is 25.7 Å². The maximum Gasteiger partial charge on any atom is 0.245 e. The Morgan fingerprint density at radius 2 is 1.79 bits per heavy atom. The molecule has 5 rings (SSSR count). The van der Waals surface area contributed by atoms with Gasteiger partial charge in [-0.3, -0.25) is 4.98 Å². The number of H-pyrrole nitrogens is 1. The number of pyridine rings is 1. The molecule has 3 heterocycles. The summed E-state index contributed by atoms with van der Waals surface area (Å²) in [6.45, 7) is 0. The van der Waals surface area contributed by atoms with Crippen LogP contribution in [-0.2, 0) is 0 Å². The average Bonchev–Trinajstić information content (AvgIpc) is 3.41. The third kappa shape index (κ3) is 2.91. The Balaban J connectivity index is 1.51. The second-order valence-corrected chi connectivity index (χ2v) is 6.33. The number of aromatic amines is 1. The van der Waals surface area contributed by atoms with Crippen molar-refractivity contribution in [2.24, 2.45) is 0 Å². The van der Waals surface area contributed by atoms with Crippen LogP contribution in [0.15, 0.2) is 77.6 Å². The van der Waals surface area contributed by atoms with Crippen LogP contribution in [0.3, 0.4) is 0 Å².